The first-order chi connectivity index (χ1) is 7.63. The van der Waals surface area contributed by atoms with E-state index in [0.29, 0.717) is 17.9 Å². The van der Waals surface area contributed by atoms with Gasteiger partial charge in [-0.1, -0.05) is 0 Å². The van der Waals surface area contributed by atoms with Crippen LogP contribution in [-0.4, -0.2) is 36.9 Å². The summed E-state index contributed by atoms with van der Waals surface area (Å²) in [7, 11) is 2.76. The Labute approximate surface area is 94.0 Å². The van der Waals surface area contributed by atoms with Gasteiger partial charge in [-0.05, 0) is 18.6 Å². The van der Waals surface area contributed by atoms with Gasteiger partial charge in [0.2, 0.25) is 0 Å². The minimum atomic E-state index is -0.542. The Morgan fingerprint density at radius 2 is 2.19 bits per heavy atom. The molecule has 5 heteroatoms. The number of carbonyl (C=O) groups excluding carboxylic acids is 1. The number of hydrogen-bond donors (Lipinski definition) is 1. The second-order valence-corrected chi connectivity index (χ2v) is 3.28. The molecule has 0 spiro atoms. The highest BCUT2D eigenvalue weighted by molar-refractivity contribution is 5.90. The van der Waals surface area contributed by atoms with E-state index >= 15 is 0 Å². The average Bonchev–Trinajstić information content (AvgIpc) is 2.27. The number of esters is 1. The van der Waals surface area contributed by atoms with Gasteiger partial charge in [0.25, 0.3) is 0 Å². The number of hydrogen-bond acceptors (Lipinski definition) is 5. The topological polar surface area (TPSA) is 68.7 Å². The van der Waals surface area contributed by atoms with Crippen LogP contribution in [0.5, 0.6) is 5.75 Å². The molecule has 0 saturated heterocycles. The lowest BCUT2D eigenvalue weighted by molar-refractivity contribution is 0.0589. The molecule has 16 heavy (non-hydrogen) atoms. The first-order valence-electron chi connectivity index (χ1n) is 4.87. The van der Waals surface area contributed by atoms with Crippen LogP contribution in [0.1, 0.15) is 21.7 Å². The van der Waals surface area contributed by atoms with Gasteiger partial charge in [-0.2, -0.15) is 0 Å². The van der Waals surface area contributed by atoms with Crippen LogP contribution in [0, 0.1) is 6.92 Å². The molecule has 1 rings (SSSR count). The molecule has 1 aromatic rings. The molecule has 0 amide bonds. The third-order valence-electron chi connectivity index (χ3n) is 2.16. The minimum Gasteiger partial charge on any atom is -0.494 e. The van der Waals surface area contributed by atoms with E-state index in [2.05, 4.69) is 9.72 Å². The third kappa shape index (κ3) is 2.49. The molecule has 0 fully saturated rings. The van der Waals surface area contributed by atoms with Crippen molar-refractivity contribution >= 4 is 5.97 Å². The summed E-state index contributed by atoms with van der Waals surface area (Å²) < 4.78 is 9.73. The Hall–Kier alpha value is -1.62. The molecule has 1 heterocycles. The number of aryl methyl sites for hydroxylation is 1. The zero-order valence-corrected chi connectivity index (χ0v) is 9.61. The highest BCUT2D eigenvalue weighted by Crippen LogP contribution is 2.23. The van der Waals surface area contributed by atoms with Crippen LogP contribution in [0.25, 0.3) is 0 Å². The highest BCUT2D eigenvalue weighted by atomic mass is 16.5. The number of rotatable bonds is 4. The van der Waals surface area contributed by atoms with Crippen LogP contribution in [0.3, 0.4) is 0 Å². The minimum absolute atomic E-state index is 0.0145. The quantitative estimate of drug-likeness (QED) is 0.765. The Kier molecular flexibility index (Phi) is 4.25. The van der Waals surface area contributed by atoms with Gasteiger partial charge < -0.3 is 14.6 Å². The van der Waals surface area contributed by atoms with Gasteiger partial charge in [-0.25, -0.2) is 9.78 Å². The van der Waals surface area contributed by atoms with Crippen LogP contribution < -0.4 is 4.74 Å². The van der Waals surface area contributed by atoms with Gasteiger partial charge in [0, 0.05) is 18.7 Å². The van der Waals surface area contributed by atoms with Gasteiger partial charge in [0.15, 0.2) is 11.4 Å². The van der Waals surface area contributed by atoms with E-state index in [4.69, 9.17) is 9.84 Å². The van der Waals surface area contributed by atoms with Gasteiger partial charge in [0.1, 0.15) is 0 Å². The smallest absolute Gasteiger partial charge is 0.360 e. The van der Waals surface area contributed by atoms with Gasteiger partial charge >= 0.3 is 5.97 Å². The van der Waals surface area contributed by atoms with Crippen molar-refractivity contribution in [1.29, 1.82) is 0 Å². The lowest BCUT2D eigenvalue weighted by Gasteiger charge is -2.10. The molecule has 1 N–H and O–H groups in total. The van der Waals surface area contributed by atoms with Gasteiger partial charge in [-0.3, -0.25) is 0 Å². The standard InChI is InChI=1S/C11H15NO4/c1-7-6-8(4-5-13)12-9(10(7)15-2)11(14)16-3/h6,13H,4-5H2,1-3H3. The second kappa shape index (κ2) is 5.46. The number of aliphatic hydroxyl groups excluding tert-OH is 1. The Morgan fingerprint density at radius 3 is 2.69 bits per heavy atom. The average molecular weight is 225 g/mol. The Bertz CT molecular complexity index is 390. The number of pyridine rings is 1. The van der Waals surface area contributed by atoms with Crippen molar-refractivity contribution in [3.05, 3.63) is 23.0 Å². The Balaban J connectivity index is 3.24. The molecule has 88 valence electrons. The molecule has 0 unspecified atom stereocenters. The maximum absolute atomic E-state index is 11.5. The van der Waals surface area contributed by atoms with Crippen LogP contribution in [0.2, 0.25) is 0 Å². The number of methoxy groups -OCH3 is 2. The van der Waals surface area contributed by atoms with E-state index in [0.717, 1.165) is 5.56 Å². The first-order valence-corrected chi connectivity index (χ1v) is 4.87. The number of aromatic nitrogens is 1. The highest BCUT2D eigenvalue weighted by Gasteiger charge is 2.18. The summed E-state index contributed by atoms with van der Waals surface area (Å²) in [6.45, 7) is 1.80. The number of nitrogens with zero attached hydrogens (tertiary/aromatic N) is 1. The summed E-state index contributed by atoms with van der Waals surface area (Å²) in [5.74, 6) is -0.131. The van der Waals surface area contributed by atoms with Gasteiger partial charge in [0.05, 0.1) is 14.2 Å². The number of aliphatic hydroxyl groups is 1. The van der Waals surface area contributed by atoms with E-state index in [1.165, 1.54) is 14.2 Å². The van der Waals surface area contributed by atoms with Crippen molar-refractivity contribution in [3.8, 4) is 5.75 Å². The number of ether oxygens (including phenoxy) is 2. The van der Waals surface area contributed by atoms with Crippen molar-refractivity contribution in [1.82, 2.24) is 4.98 Å². The van der Waals surface area contributed by atoms with E-state index < -0.39 is 5.97 Å². The summed E-state index contributed by atoms with van der Waals surface area (Å²) in [6.07, 6.45) is 0.398. The maximum atomic E-state index is 11.5. The molecule has 0 aliphatic carbocycles. The largest absolute Gasteiger partial charge is 0.494 e. The van der Waals surface area contributed by atoms with Gasteiger partial charge in [-0.15, -0.1) is 0 Å². The fourth-order valence-electron chi connectivity index (χ4n) is 1.46. The van der Waals surface area contributed by atoms with Crippen LogP contribution in [0.15, 0.2) is 6.07 Å². The first kappa shape index (κ1) is 12.4. The van der Waals surface area contributed by atoms with Crippen molar-refractivity contribution in [2.24, 2.45) is 0 Å². The summed E-state index contributed by atoms with van der Waals surface area (Å²) in [5, 5.41) is 8.84. The predicted octanol–water partition coefficient (Wildman–Crippen LogP) is 0.720. The molecule has 0 saturated carbocycles. The zero-order valence-electron chi connectivity index (χ0n) is 9.61. The lowest BCUT2D eigenvalue weighted by Crippen LogP contribution is -2.10. The molecule has 0 aliphatic rings. The summed E-state index contributed by atoms with van der Waals surface area (Å²) in [6, 6.07) is 1.78. The monoisotopic (exact) mass is 225 g/mol. The fraction of sp³-hybridized carbons (Fsp3) is 0.455. The Morgan fingerprint density at radius 1 is 1.50 bits per heavy atom. The molecule has 0 atom stereocenters. The maximum Gasteiger partial charge on any atom is 0.360 e. The molecule has 0 bridgehead atoms. The van der Waals surface area contributed by atoms with Crippen molar-refractivity contribution < 1.29 is 19.4 Å². The molecule has 0 aromatic carbocycles. The molecular formula is C11H15NO4. The van der Waals surface area contributed by atoms with Crippen molar-refractivity contribution in [2.45, 2.75) is 13.3 Å². The van der Waals surface area contributed by atoms with Crippen molar-refractivity contribution in [2.75, 3.05) is 20.8 Å². The molecule has 0 aliphatic heterocycles. The summed E-state index contributed by atoms with van der Waals surface area (Å²) in [4.78, 5) is 15.6. The van der Waals surface area contributed by atoms with Crippen LogP contribution in [0.4, 0.5) is 0 Å². The van der Waals surface area contributed by atoms with Crippen molar-refractivity contribution in [3.63, 3.8) is 0 Å². The van der Waals surface area contributed by atoms with E-state index in [9.17, 15) is 4.79 Å². The number of carbonyl (C=O) groups is 1. The zero-order chi connectivity index (χ0) is 12.1. The third-order valence-corrected chi connectivity index (χ3v) is 2.16. The van der Waals surface area contributed by atoms with E-state index in [-0.39, 0.29) is 12.3 Å². The van der Waals surface area contributed by atoms with Crippen LogP contribution >= 0.6 is 0 Å². The van der Waals surface area contributed by atoms with Crippen LogP contribution in [-0.2, 0) is 11.2 Å². The fourth-order valence-corrected chi connectivity index (χ4v) is 1.46. The molecule has 5 nitrogen and oxygen atoms in total. The summed E-state index contributed by atoms with van der Waals surface area (Å²) in [5.41, 5.74) is 1.58. The molecule has 0 radical (unpaired) electrons. The lowest BCUT2D eigenvalue weighted by atomic mass is 10.1. The van der Waals surface area contributed by atoms with E-state index in [1.807, 2.05) is 6.92 Å². The molecule has 1 aromatic heterocycles. The molecular weight excluding hydrogens is 210 g/mol. The normalized spacial score (nSPS) is 10.0. The second-order valence-electron chi connectivity index (χ2n) is 3.28. The summed E-state index contributed by atoms with van der Waals surface area (Å²) >= 11 is 0. The predicted molar refractivity (Wildman–Crippen MR) is 57.7 cm³/mol. The van der Waals surface area contributed by atoms with E-state index in [1.54, 1.807) is 6.07 Å². The SMILES string of the molecule is COC(=O)c1nc(CCO)cc(C)c1OC.